The number of ether oxygens (including phenoxy) is 1. The topological polar surface area (TPSA) is 47.3 Å². The largest absolute Gasteiger partial charge is 0.374 e. The summed E-state index contributed by atoms with van der Waals surface area (Å²) in [7, 11) is 0. The molecule has 3 nitrogen and oxygen atoms in total. The van der Waals surface area contributed by atoms with Crippen molar-refractivity contribution in [3.05, 3.63) is 34.9 Å². The summed E-state index contributed by atoms with van der Waals surface area (Å²) in [6, 6.07) is 6.38. The lowest BCUT2D eigenvalue weighted by Crippen LogP contribution is -2.44. The van der Waals surface area contributed by atoms with Crippen molar-refractivity contribution in [1.82, 2.24) is 5.43 Å². The zero-order chi connectivity index (χ0) is 13.1. The van der Waals surface area contributed by atoms with Crippen LogP contribution < -0.4 is 11.3 Å². The number of hydrogen-bond acceptors (Lipinski definition) is 3. The number of nitrogens with one attached hydrogen (secondary N) is 1. The van der Waals surface area contributed by atoms with Crippen molar-refractivity contribution in [2.75, 3.05) is 6.61 Å². The standard InChI is InChI=1S/C14H24N2O/c1-6-17-14(4,5)13(16-15)12-8-7-10(2)9-11(12)3/h7-9,13,16H,6,15H2,1-5H3. The number of rotatable bonds is 5. The van der Waals surface area contributed by atoms with E-state index >= 15 is 0 Å². The minimum Gasteiger partial charge on any atom is -0.374 e. The van der Waals surface area contributed by atoms with E-state index in [2.05, 4.69) is 51.3 Å². The Morgan fingerprint density at radius 2 is 2.00 bits per heavy atom. The van der Waals surface area contributed by atoms with Crippen molar-refractivity contribution >= 4 is 0 Å². The average molecular weight is 236 g/mol. The summed E-state index contributed by atoms with van der Waals surface area (Å²) in [6.45, 7) is 11.0. The summed E-state index contributed by atoms with van der Waals surface area (Å²) < 4.78 is 5.78. The second-order valence-corrected chi connectivity index (χ2v) is 5.00. The molecule has 1 rings (SSSR count). The van der Waals surface area contributed by atoms with Gasteiger partial charge in [0.25, 0.3) is 0 Å². The third kappa shape index (κ3) is 3.28. The molecular weight excluding hydrogens is 212 g/mol. The summed E-state index contributed by atoms with van der Waals surface area (Å²) in [6.07, 6.45) is 0. The Morgan fingerprint density at radius 3 is 2.47 bits per heavy atom. The first-order valence-corrected chi connectivity index (χ1v) is 6.09. The molecule has 17 heavy (non-hydrogen) atoms. The van der Waals surface area contributed by atoms with Gasteiger partial charge in [-0.05, 0) is 45.7 Å². The van der Waals surface area contributed by atoms with Gasteiger partial charge in [0.1, 0.15) is 0 Å². The Bertz CT molecular complexity index is 374. The van der Waals surface area contributed by atoms with Gasteiger partial charge in [0, 0.05) is 6.61 Å². The van der Waals surface area contributed by atoms with Crippen LogP contribution in [0.15, 0.2) is 18.2 Å². The van der Waals surface area contributed by atoms with Crippen LogP contribution in [0.25, 0.3) is 0 Å². The Balaban J connectivity index is 3.09. The van der Waals surface area contributed by atoms with Crippen LogP contribution in [0.5, 0.6) is 0 Å². The second kappa shape index (κ2) is 5.63. The second-order valence-electron chi connectivity index (χ2n) is 5.00. The molecule has 0 aliphatic rings. The van der Waals surface area contributed by atoms with Crippen LogP contribution in [0, 0.1) is 13.8 Å². The maximum absolute atomic E-state index is 5.78. The van der Waals surface area contributed by atoms with Gasteiger partial charge in [0.05, 0.1) is 11.6 Å². The predicted octanol–water partition coefficient (Wildman–Crippen LogP) is 2.62. The zero-order valence-corrected chi connectivity index (χ0v) is 11.5. The molecule has 0 heterocycles. The summed E-state index contributed by atoms with van der Waals surface area (Å²) in [4.78, 5) is 0. The highest BCUT2D eigenvalue weighted by Crippen LogP contribution is 2.30. The van der Waals surface area contributed by atoms with Gasteiger partial charge in [-0.3, -0.25) is 11.3 Å². The highest BCUT2D eigenvalue weighted by atomic mass is 16.5. The fraction of sp³-hybridized carbons (Fsp3) is 0.571. The number of benzene rings is 1. The molecule has 3 heteroatoms. The van der Waals surface area contributed by atoms with Crippen LogP contribution in [-0.4, -0.2) is 12.2 Å². The summed E-state index contributed by atoms with van der Waals surface area (Å²) in [5.41, 5.74) is 6.24. The number of hydrogen-bond donors (Lipinski definition) is 2. The maximum Gasteiger partial charge on any atom is 0.0833 e. The molecule has 0 amide bonds. The van der Waals surface area contributed by atoms with E-state index in [1.54, 1.807) is 0 Å². The molecule has 1 unspecified atom stereocenters. The third-order valence-electron chi connectivity index (χ3n) is 3.11. The van der Waals surface area contributed by atoms with Crippen molar-refractivity contribution in [2.45, 2.75) is 46.3 Å². The average Bonchev–Trinajstić information content (AvgIpc) is 2.21. The van der Waals surface area contributed by atoms with E-state index in [4.69, 9.17) is 10.6 Å². The molecule has 1 aromatic carbocycles. The van der Waals surface area contributed by atoms with Crippen molar-refractivity contribution in [1.29, 1.82) is 0 Å². The van der Waals surface area contributed by atoms with E-state index in [1.807, 2.05) is 6.92 Å². The summed E-state index contributed by atoms with van der Waals surface area (Å²) in [5.74, 6) is 5.70. The molecule has 0 radical (unpaired) electrons. The van der Waals surface area contributed by atoms with Gasteiger partial charge in [-0.2, -0.15) is 0 Å². The summed E-state index contributed by atoms with van der Waals surface area (Å²) >= 11 is 0. The Morgan fingerprint density at radius 1 is 1.35 bits per heavy atom. The fourth-order valence-corrected chi connectivity index (χ4v) is 2.27. The first kappa shape index (κ1) is 14.2. The predicted molar refractivity (Wildman–Crippen MR) is 71.7 cm³/mol. The van der Waals surface area contributed by atoms with E-state index in [9.17, 15) is 0 Å². The van der Waals surface area contributed by atoms with Gasteiger partial charge < -0.3 is 4.74 Å². The minimum atomic E-state index is -0.330. The van der Waals surface area contributed by atoms with Crippen LogP contribution in [0.1, 0.15) is 43.5 Å². The maximum atomic E-state index is 5.78. The van der Waals surface area contributed by atoms with Crippen molar-refractivity contribution in [3.8, 4) is 0 Å². The fourth-order valence-electron chi connectivity index (χ4n) is 2.27. The molecule has 0 aliphatic carbocycles. The van der Waals surface area contributed by atoms with E-state index in [0.717, 1.165) is 0 Å². The quantitative estimate of drug-likeness (QED) is 0.610. The molecule has 1 aromatic rings. The van der Waals surface area contributed by atoms with Crippen LogP contribution in [-0.2, 0) is 4.74 Å². The smallest absolute Gasteiger partial charge is 0.0833 e. The number of aryl methyl sites for hydroxylation is 2. The van der Waals surface area contributed by atoms with Crippen LogP contribution in [0.4, 0.5) is 0 Å². The molecule has 0 saturated heterocycles. The Kier molecular flexibility index (Phi) is 4.69. The molecule has 0 aromatic heterocycles. The Hall–Kier alpha value is -0.900. The monoisotopic (exact) mass is 236 g/mol. The lowest BCUT2D eigenvalue weighted by atomic mass is 9.88. The lowest BCUT2D eigenvalue weighted by Gasteiger charge is -2.34. The molecule has 0 aliphatic heterocycles. The molecule has 1 atom stereocenters. The van der Waals surface area contributed by atoms with E-state index in [-0.39, 0.29) is 11.6 Å². The van der Waals surface area contributed by atoms with E-state index in [0.29, 0.717) is 6.61 Å². The first-order valence-electron chi connectivity index (χ1n) is 6.09. The Labute approximate surface area is 104 Å². The van der Waals surface area contributed by atoms with Gasteiger partial charge in [0.2, 0.25) is 0 Å². The van der Waals surface area contributed by atoms with Gasteiger partial charge in [0.15, 0.2) is 0 Å². The highest BCUT2D eigenvalue weighted by molar-refractivity contribution is 5.34. The van der Waals surface area contributed by atoms with Gasteiger partial charge in [-0.25, -0.2) is 0 Å². The highest BCUT2D eigenvalue weighted by Gasteiger charge is 2.31. The van der Waals surface area contributed by atoms with E-state index in [1.165, 1.54) is 16.7 Å². The molecule has 0 fully saturated rings. The molecule has 96 valence electrons. The van der Waals surface area contributed by atoms with Gasteiger partial charge in [-0.1, -0.05) is 23.8 Å². The molecule has 0 bridgehead atoms. The number of nitrogens with two attached hydrogens (primary N) is 1. The molecule has 0 spiro atoms. The van der Waals surface area contributed by atoms with E-state index < -0.39 is 0 Å². The molecular formula is C14H24N2O. The van der Waals surface area contributed by atoms with Crippen LogP contribution in [0.2, 0.25) is 0 Å². The van der Waals surface area contributed by atoms with Gasteiger partial charge in [-0.15, -0.1) is 0 Å². The van der Waals surface area contributed by atoms with Crippen molar-refractivity contribution < 1.29 is 4.74 Å². The lowest BCUT2D eigenvalue weighted by molar-refractivity contribution is -0.0394. The minimum absolute atomic E-state index is 0.0111. The normalized spacial score (nSPS) is 13.8. The van der Waals surface area contributed by atoms with Crippen molar-refractivity contribution in [3.63, 3.8) is 0 Å². The zero-order valence-electron chi connectivity index (χ0n) is 11.5. The summed E-state index contributed by atoms with van der Waals surface area (Å²) in [5, 5.41) is 0. The van der Waals surface area contributed by atoms with Gasteiger partial charge >= 0.3 is 0 Å². The first-order chi connectivity index (χ1) is 7.92. The molecule has 3 N–H and O–H groups in total. The SMILES string of the molecule is CCOC(C)(C)C(NN)c1ccc(C)cc1C. The third-order valence-corrected chi connectivity index (χ3v) is 3.11. The molecule has 0 saturated carbocycles. The number of hydrazine groups is 1. The van der Waals surface area contributed by atoms with Crippen molar-refractivity contribution in [2.24, 2.45) is 5.84 Å². The van der Waals surface area contributed by atoms with Crippen LogP contribution >= 0.6 is 0 Å². The van der Waals surface area contributed by atoms with Crippen LogP contribution in [0.3, 0.4) is 0 Å².